The van der Waals surface area contributed by atoms with E-state index in [1.165, 1.54) is 25.6 Å². The Labute approximate surface area is 223 Å². The van der Waals surface area contributed by atoms with Crippen molar-refractivity contribution in [2.24, 2.45) is 5.92 Å². The summed E-state index contributed by atoms with van der Waals surface area (Å²) in [6.07, 6.45) is 5.95. The Morgan fingerprint density at radius 3 is 2.47 bits per heavy atom. The number of carbonyl (C=O) groups is 3. The minimum Gasteiger partial charge on any atom is -0.465 e. The molecule has 5 rings (SSSR count). The lowest BCUT2D eigenvalue weighted by Crippen LogP contribution is -2.37. The van der Waals surface area contributed by atoms with Gasteiger partial charge in [-0.25, -0.2) is 4.39 Å². The molecule has 1 aromatic carbocycles. The Bertz CT molecular complexity index is 1400. The summed E-state index contributed by atoms with van der Waals surface area (Å²) in [6, 6.07) is 1.15. The molecule has 0 spiro atoms. The molecule has 1 saturated carbocycles. The van der Waals surface area contributed by atoms with Gasteiger partial charge in [0.05, 0.1) is 40.4 Å². The van der Waals surface area contributed by atoms with E-state index in [9.17, 15) is 19.2 Å². The molecule has 2 fully saturated rings. The van der Waals surface area contributed by atoms with Gasteiger partial charge in [0.2, 0.25) is 5.92 Å². The molecule has 38 heavy (non-hydrogen) atoms. The van der Waals surface area contributed by atoms with Gasteiger partial charge in [-0.05, 0) is 51.3 Å². The van der Waals surface area contributed by atoms with Crippen molar-refractivity contribution in [3.8, 4) is 0 Å². The number of fused-ring (bicyclic) bond motifs is 2. The molecule has 1 atom stereocenters. The molecular weight excluding hydrogens is 517 g/mol. The Kier molecular flexibility index (Phi) is 7.28. The average Bonchev–Trinajstić information content (AvgIpc) is 3.63. The largest absolute Gasteiger partial charge is 0.465 e. The van der Waals surface area contributed by atoms with Crippen LogP contribution < -0.4 is 15.6 Å². The van der Waals surface area contributed by atoms with Crippen LogP contribution in [0.4, 0.5) is 10.1 Å². The number of esters is 2. The molecule has 2 aromatic rings. The van der Waals surface area contributed by atoms with Crippen LogP contribution >= 0.6 is 11.6 Å². The molecular formula is C27H29ClFN3O6. The number of Topliss-reactive ketones (excluding diaryl/α,β-unsaturated/α-hetero) is 1. The number of halogens is 2. The number of aromatic nitrogens is 1. The van der Waals surface area contributed by atoms with E-state index < -0.39 is 40.4 Å². The van der Waals surface area contributed by atoms with E-state index in [-0.39, 0.29) is 41.4 Å². The van der Waals surface area contributed by atoms with Gasteiger partial charge in [-0.3, -0.25) is 19.2 Å². The van der Waals surface area contributed by atoms with Crippen LogP contribution in [0.1, 0.15) is 49.5 Å². The van der Waals surface area contributed by atoms with E-state index in [1.54, 1.807) is 4.57 Å². The number of benzene rings is 1. The number of ether oxygens (including phenoxy) is 2. The normalized spacial score (nSPS) is 18.9. The second-order valence-corrected chi connectivity index (χ2v) is 10.1. The third-order valence-electron chi connectivity index (χ3n) is 7.18. The fourth-order valence-electron chi connectivity index (χ4n) is 5.28. The van der Waals surface area contributed by atoms with Crippen molar-refractivity contribution < 1.29 is 28.2 Å². The van der Waals surface area contributed by atoms with Gasteiger partial charge in [0.1, 0.15) is 5.82 Å². The molecule has 0 amide bonds. The first kappa shape index (κ1) is 26.4. The number of nitrogens with zero attached hydrogens (tertiary/aromatic N) is 2. The van der Waals surface area contributed by atoms with Gasteiger partial charge in [0, 0.05) is 31.4 Å². The molecule has 1 aliphatic carbocycles. The first-order chi connectivity index (χ1) is 18.3. The Balaban J connectivity index is 1.64. The molecule has 0 bridgehead atoms. The van der Waals surface area contributed by atoms with Gasteiger partial charge in [-0.1, -0.05) is 17.7 Å². The number of hydrogen-bond acceptors (Lipinski definition) is 8. The smallest absolute Gasteiger partial charge is 0.328 e. The topological polar surface area (TPSA) is 107 Å². The fourth-order valence-corrected chi connectivity index (χ4v) is 5.68. The highest BCUT2D eigenvalue weighted by molar-refractivity contribution is 6.38. The van der Waals surface area contributed by atoms with Gasteiger partial charge in [-0.15, -0.1) is 0 Å². The van der Waals surface area contributed by atoms with Crippen LogP contribution in [-0.2, 0) is 19.1 Å². The van der Waals surface area contributed by atoms with E-state index in [0.717, 1.165) is 31.9 Å². The molecule has 11 heteroatoms. The van der Waals surface area contributed by atoms with Crippen molar-refractivity contribution in [1.29, 1.82) is 0 Å². The molecule has 3 aliphatic rings. The summed E-state index contributed by atoms with van der Waals surface area (Å²) >= 11 is 6.84. The van der Waals surface area contributed by atoms with Crippen LogP contribution in [0.5, 0.6) is 0 Å². The van der Waals surface area contributed by atoms with Crippen LogP contribution in [0, 0.1) is 11.7 Å². The number of anilines is 1. The maximum atomic E-state index is 15.6. The molecule has 2 aliphatic heterocycles. The lowest BCUT2D eigenvalue weighted by molar-refractivity contribution is -0.158. The number of ketones is 1. The highest BCUT2D eigenvalue weighted by Gasteiger charge is 2.40. The predicted octanol–water partition coefficient (Wildman–Crippen LogP) is 3.16. The lowest BCUT2D eigenvalue weighted by Gasteiger charge is -2.23. The zero-order valence-corrected chi connectivity index (χ0v) is 22.0. The summed E-state index contributed by atoms with van der Waals surface area (Å²) in [5.74, 6) is -5.90. The average molecular weight is 546 g/mol. The first-order valence-corrected chi connectivity index (χ1v) is 13.3. The standard InChI is InChI=1S/C27H29ClFN3O6/c1-3-37-26(35)20(27(36)38-4-2)25(34)17-12-32(15-7-8-15)22-16(24(17)33)10-18(29)23(21(22)28)31-11-14-6-5-9-30-19(14)13-31/h6,10,12,15,19-20,30H,3-5,7-9,11,13H2,1-2H3. The van der Waals surface area contributed by atoms with Crippen molar-refractivity contribution in [2.45, 2.75) is 45.2 Å². The highest BCUT2D eigenvalue weighted by atomic mass is 35.5. The van der Waals surface area contributed by atoms with Crippen molar-refractivity contribution in [3.05, 3.63) is 50.5 Å². The molecule has 3 heterocycles. The quantitative estimate of drug-likeness (QED) is 0.233. The second-order valence-electron chi connectivity index (χ2n) is 9.68. The zero-order chi connectivity index (χ0) is 27.1. The molecule has 9 nitrogen and oxygen atoms in total. The Hall–Kier alpha value is -3.24. The molecule has 1 aromatic heterocycles. The monoisotopic (exact) mass is 545 g/mol. The molecule has 1 unspecified atom stereocenters. The van der Waals surface area contributed by atoms with E-state index in [2.05, 4.69) is 11.4 Å². The summed E-state index contributed by atoms with van der Waals surface area (Å²) in [7, 11) is 0. The highest BCUT2D eigenvalue weighted by Crippen LogP contribution is 2.43. The van der Waals surface area contributed by atoms with Crippen molar-refractivity contribution >= 4 is 45.9 Å². The van der Waals surface area contributed by atoms with E-state index >= 15 is 4.39 Å². The van der Waals surface area contributed by atoms with Gasteiger partial charge in [-0.2, -0.15) is 0 Å². The van der Waals surface area contributed by atoms with E-state index in [1.807, 2.05) is 4.90 Å². The van der Waals surface area contributed by atoms with E-state index in [0.29, 0.717) is 18.6 Å². The first-order valence-electron chi connectivity index (χ1n) is 12.9. The third-order valence-corrected chi connectivity index (χ3v) is 7.54. The fraction of sp³-hybridized carbons (Fsp3) is 0.481. The number of hydrogen-bond donors (Lipinski definition) is 1. The van der Waals surface area contributed by atoms with Crippen LogP contribution in [0.2, 0.25) is 5.02 Å². The number of pyridine rings is 1. The summed E-state index contributed by atoms with van der Waals surface area (Å²) < 4.78 is 27.2. The van der Waals surface area contributed by atoms with E-state index in [4.69, 9.17) is 21.1 Å². The minimum absolute atomic E-state index is 0.0605. The third kappa shape index (κ3) is 4.60. The number of rotatable bonds is 8. The lowest BCUT2D eigenvalue weighted by atomic mass is 9.96. The second kappa shape index (κ2) is 10.5. The predicted molar refractivity (Wildman–Crippen MR) is 139 cm³/mol. The molecule has 0 radical (unpaired) electrons. The van der Waals surface area contributed by atoms with Crippen molar-refractivity contribution in [1.82, 2.24) is 9.88 Å². The SMILES string of the molecule is CCOC(=O)C(C(=O)OCC)C(=O)c1cn(C2CC2)c2c(Cl)c(N3CC4=CCCNC4C3)c(F)cc2c1=O. The van der Waals surface area contributed by atoms with Crippen LogP contribution in [0.3, 0.4) is 0 Å². The summed E-state index contributed by atoms with van der Waals surface area (Å²) in [4.78, 5) is 54.0. The Morgan fingerprint density at radius 2 is 1.87 bits per heavy atom. The van der Waals surface area contributed by atoms with Gasteiger partial charge in [0.15, 0.2) is 11.2 Å². The minimum atomic E-state index is -1.96. The molecule has 1 saturated heterocycles. The summed E-state index contributed by atoms with van der Waals surface area (Å²) in [5, 5.41) is 3.43. The van der Waals surface area contributed by atoms with Gasteiger partial charge < -0.3 is 24.3 Å². The van der Waals surface area contributed by atoms with Crippen molar-refractivity contribution in [2.75, 3.05) is 37.7 Å². The Morgan fingerprint density at radius 1 is 1.18 bits per heavy atom. The molecule has 202 valence electrons. The van der Waals surface area contributed by atoms with Crippen LogP contribution in [0.15, 0.2) is 28.7 Å². The van der Waals surface area contributed by atoms with Gasteiger partial charge >= 0.3 is 11.9 Å². The summed E-state index contributed by atoms with van der Waals surface area (Å²) in [6.45, 7) is 4.84. The summed E-state index contributed by atoms with van der Waals surface area (Å²) in [5.41, 5.74) is 0.483. The zero-order valence-electron chi connectivity index (χ0n) is 21.2. The molecule has 1 N–H and O–H groups in total. The van der Waals surface area contributed by atoms with Gasteiger partial charge in [0.25, 0.3) is 0 Å². The van der Waals surface area contributed by atoms with Crippen molar-refractivity contribution in [3.63, 3.8) is 0 Å². The van der Waals surface area contributed by atoms with Crippen LogP contribution in [0.25, 0.3) is 10.9 Å². The van der Waals surface area contributed by atoms with Crippen LogP contribution in [-0.4, -0.2) is 61.2 Å². The maximum absolute atomic E-state index is 15.6. The maximum Gasteiger partial charge on any atom is 0.328 e. The number of nitrogens with one attached hydrogen (secondary N) is 1. The number of carbonyl (C=O) groups excluding carboxylic acids is 3.